The molecule has 112 valence electrons. The fourth-order valence-corrected chi connectivity index (χ4v) is 2.36. The molecular formula is C14H18N4O3. The minimum atomic E-state index is -0.179. The Morgan fingerprint density at radius 3 is 3.05 bits per heavy atom. The average Bonchev–Trinajstić information content (AvgIpc) is 3.18. The van der Waals surface area contributed by atoms with E-state index in [1.54, 1.807) is 17.2 Å². The minimum absolute atomic E-state index is 0.169. The maximum absolute atomic E-state index is 12.6. The molecule has 0 unspecified atom stereocenters. The van der Waals surface area contributed by atoms with Gasteiger partial charge in [0.25, 0.3) is 5.91 Å². The fourth-order valence-electron chi connectivity index (χ4n) is 2.36. The third-order valence-corrected chi connectivity index (χ3v) is 3.60. The molecule has 1 saturated heterocycles. The first-order chi connectivity index (χ1) is 10.2. The van der Waals surface area contributed by atoms with Gasteiger partial charge in [0.15, 0.2) is 0 Å². The maximum atomic E-state index is 12.6. The molecule has 7 nitrogen and oxygen atoms in total. The van der Waals surface area contributed by atoms with Crippen molar-refractivity contribution in [2.45, 2.75) is 25.8 Å². The number of carbonyl (C=O) groups is 1. The molecule has 0 radical (unpaired) electrons. The van der Waals surface area contributed by atoms with Gasteiger partial charge in [0.05, 0.1) is 30.6 Å². The van der Waals surface area contributed by atoms with Gasteiger partial charge in [-0.2, -0.15) is 5.10 Å². The third-order valence-electron chi connectivity index (χ3n) is 3.60. The molecule has 0 spiro atoms. The number of aromatic amines is 1. The molecule has 0 aliphatic carbocycles. The number of nitrogens with one attached hydrogen (secondary N) is 1. The van der Waals surface area contributed by atoms with Crippen molar-refractivity contribution in [3.05, 3.63) is 35.5 Å². The third kappa shape index (κ3) is 2.69. The number of rotatable bonds is 3. The SMILES string of the molecule is CC(C)c1cc(C(=O)N2CCOC[C@@H]2c2ccn[nH]2)on1. The van der Waals surface area contributed by atoms with Crippen LogP contribution in [-0.4, -0.2) is 45.9 Å². The zero-order valence-corrected chi connectivity index (χ0v) is 12.1. The van der Waals surface area contributed by atoms with Crippen molar-refractivity contribution in [2.75, 3.05) is 19.8 Å². The lowest BCUT2D eigenvalue weighted by molar-refractivity contribution is -0.00584. The molecule has 0 saturated carbocycles. The first-order valence-electron chi connectivity index (χ1n) is 7.01. The Kier molecular flexibility index (Phi) is 3.74. The smallest absolute Gasteiger partial charge is 0.293 e. The van der Waals surface area contributed by atoms with Gasteiger partial charge in [0.1, 0.15) is 0 Å². The van der Waals surface area contributed by atoms with E-state index in [9.17, 15) is 4.79 Å². The van der Waals surface area contributed by atoms with Crippen molar-refractivity contribution in [3.63, 3.8) is 0 Å². The number of carbonyl (C=O) groups excluding carboxylic acids is 1. The van der Waals surface area contributed by atoms with Crippen LogP contribution in [0.15, 0.2) is 22.9 Å². The molecular weight excluding hydrogens is 272 g/mol. The van der Waals surface area contributed by atoms with Gasteiger partial charge in [-0.25, -0.2) is 0 Å². The van der Waals surface area contributed by atoms with Crippen molar-refractivity contribution in [2.24, 2.45) is 0 Å². The quantitative estimate of drug-likeness (QED) is 0.930. The Balaban J connectivity index is 1.83. The van der Waals surface area contributed by atoms with Gasteiger partial charge in [-0.3, -0.25) is 9.89 Å². The zero-order chi connectivity index (χ0) is 14.8. The Bertz CT molecular complexity index is 606. The molecule has 0 aromatic carbocycles. The van der Waals surface area contributed by atoms with E-state index in [1.165, 1.54) is 0 Å². The summed E-state index contributed by atoms with van der Waals surface area (Å²) in [7, 11) is 0. The number of nitrogens with zero attached hydrogens (tertiary/aromatic N) is 3. The number of ether oxygens (including phenoxy) is 1. The molecule has 2 aromatic rings. The lowest BCUT2D eigenvalue weighted by Crippen LogP contribution is -2.43. The van der Waals surface area contributed by atoms with Crippen LogP contribution in [0.2, 0.25) is 0 Å². The van der Waals surface area contributed by atoms with Crippen molar-refractivity contribution in [1.82, 2.24) is 20.3 Å². The summed E-state index contributed by atoms with van der Waals surface area (Å²) in [6, 6.07) is 3.38. The predicted molar refractivity (Wildman–Crippen MR) is 73.8 cm³/mol. The van der Waals surface area contributed by atoms with Crippen LogP contribution in [0.25, 0.3) is 0 Å². The standard InChI is InChI=1S/C14H18N4O3/c1-9(2)11-7-13(21-17-11)14(19)18-5-6-20-8-12(18)10-3-4-15-16-10/h3-4,7,9,12H,5-6,8H2,1-2H3,(H,15,16)/t12-/m1/s1. The second-order valence-corrected chi connectivity index (χ2v) is 5.37. The van der Waals surface area contributed by atoms with E-state index >= 15 is 0 Å². The van der Waals surface area contributed by atoms with Gasteiger partial charge in [-0.1, -0.05) is 19.0 Å². The summed E-state index contributed by atoms with van der Waals surface area (Å²) < 4.78 is 10.7. The lowest BCUT2D eigenvalue weighted by atomic mass is 10.1. The van der Waals surface area contributed by atoms with Gasteiger partial charge < -0.3 is 14.2 Å². The van der Waals surface area contributed by atoms with E-state index in [1.807, 2.05) is 19.9 Å². The fraction of sp³-hybridized carbons (Fsp3) is 0.500. The van der Waals surface area contributed by atoms with Gasteiger partial charge >= 0.3 is 0 Å². The van der Waals surface area contributed by atoms with Gasteiger partial charge in [-0.05, 0) is 12.0 Å². The van der Waals surface area contributed by atoms with Crippen LogP contribution in [0.1, 0.15) is 47.7 Å². The lowest BCUT2D eigenvalue weighted by Gasteiger charge is -2.34. The Hall–Kier alpha value is -2.15. The van der Waals surface area contributed by atoms with E-state index in [-0.39, 0.29) is 23.6 Å². The largest absolute Gasteiger partial charge is 0.377 e. The number of aromatic nitrogens is 3. The highest BCUT2D eigenvalue weighted by Gasteiger charge is 2.32. The molecule has 2 aromatic heterocycles. The van der Waals surface area contributed by atoms with Crippen LogP contribution in [0, 0.1) is 0 Å². The Morgan fingerprint density at radius 2 is 2.38 bits per heavy atom. The maximum Gasteiger partial charge on any atom is 0.293 e. The summed E-state index contributed by atoms with van der Waals surface area (Å²) in [4.78, 5) is 14.4. The first-order valence-corrected chi connectivity index (χ1v) is 7.01. The van der Waals surface area contributed by atoms with Crippen molar-refractivity contribution < 1.29 is 14.1 Å². The van der Waals surface area contributed by atoms with Crippen LogP contribution >= 0.6 is 0 Å². The molecule has 1 aliphatic heterocycles. The number of hydrogen-bond acceptors (Lipinski definition) is 5. The van der Waals surface area contributed by atoms with Crippen LogP contribution < -0.4 is 0 Å². The number of amides is 1. The highest BCUT2D eigenvalue weighted by Crippen LogP contribution is 2.25. The molecule has 21 heavy (non-hydrogen) atoms. The minimum Gasteiger partial charge on any atom is -0.377 e. The Morgan fingerprint density at radius 1 is 1.52 bits per heavy atom. The molecule has 7 heteroatoms. The predicted octanol–water partition coefficient (Wildman–Crippen LogP) is 1.73. The van der Waals surface area contributed by atoms with Crippen molar-refractivity contribution in [3.8, 4) is 0 Å². The number of hydrogen-bond donors (Lipinski definition) is 1. The van der Waals surface area contributed by atoms with Crippen LogP contribution in [-0.2, 0) is 4.74 Å². The van der Waals surface area contributed by atoms with E-state index in [2.05, 4.69) is 15.4 Å². The van der Waals surface area contributed by atoms with E-state index in [4.69, 9.17) is 9.26 Å². The van der Waals surface area contributed by atoms with Crippen molar-refractivity contribution in [1.29, 1.82) is 0 Å². The van der Waals surface area contributed by atoms with Crippen molar-refractivity contribution >= 4 is 5.91 Å². The molecule has 1 aliphatic rings. The second kappa shape index (κ2) is 5.69. The molecule has 1 fully saturated rings. The van der Waals surface area contributed by atoms with Crippen LogP contribution in [0.5, 0.6) is 0 Å². The summed E-state index contributed by atoms with van der Waals surface area (Å²) in [5.41, 5.74) is 1.64. The number of H-pyrrole nitrogens is 1. The number of morpholine rings is 1. The molecule has 3 heterocycles. The highest BCUT2D eigenvalue weighted by atomic mass is 16.5. The molecule has 3 rings (SSSR count). The zero-order valence-electron chi connectivity index (χ0n) is 12.1. The summed E-state index contributed by atoms with van der Waals surface area (Å²) in [6.45, 7) is 5.49. The molecule has 1 amide bonds. The molecule has 0 bridgehead atoms. The second-order valence-electron chi connectivity index (χ2n) is 5.37. The monoisotopic (exact) mass is 290 g/mol. The van der Waals surface area contributed by atoms with Crippen LogP contribution in [0.4, 0.5) is 0 Å². The Labute approximate surface area is 122 Å². The molecule has 1 atom stereocenters. The summed E-state index contributed by atoms with van der Waals surface area (Å²) in [5.74, 6) is 0.325. The summed E-state index contributed by atoms with van der Waals surface area (Å²) >= 11 is 0. The van der Waals surface area contributed by atoms with E-state index < -0.39 is 0 Å². The summed E-state index contributed by atoms with van der Waals surface area (Å²) in [5, 5.41) is 10.8. The summed E-state index contributed by atoms with van der Waals surface area (Å²) in [6.07, 6.45) is 1.66. The van der Waals surface area contributed by atoms with Gasteiger partial charge in [0, 0.05) is 18.8 Å². The molecule has 1 N–H and O–H groups in total. The first kappa shape index (κ1) is 13.8. The topological polar surface area (TPSA) is 84.3 Å². The van der Waals surface area contributed by atoms with Gasteiger partial charge in [0.2, 0.25) is 5.76 Å². The normalized spacial score (nSPS) is 19.2. The van der Waals surface area contributed by atoms with E-state index in [0.29, 0.717) is 19.8 Å². The van der Waals surface area contributed by atoms with Crippen LogP contribution in [0.3, 0.4) is 0 Å². The highest BCUT2D eigenvalue weighted by molar-refractivity contribution is 5.91. The average molecular weight is 290 g/mol. The van der Waals surface area contributed by atoms with Gasteiger partial charge in [-0.15, -0.1) is 0 Å². The van der Waals surface area contributed by atoms with E-state index in [0.717, 1.165) is 11.4 Å².